The lowest BCUT2D eigenvalue weighted by Crippen LogP contribution is -2.07. The largest absolute Gasteiger partial charge is 0.464 e. The minimum atomic E-state index is -0.622. The maximum atomic E-state index is 11.3. The van der Waals surface area contributed by atoms with E-state index in [0.29, 0.717) is 10.7 Å². The van der Waals surface area contributed by atoms with Gasteiger partial charge in [-0.25, -0.2) is 4.79 Å². The summed E-state index contributed by atoms with van der Waals surface area (Å²) in [4.78, 5) is 11.3. The van der Waals surface area contributed by atoms with Crippen molar-refractivity contribution in [3.8, 4) is 5.69 Å². The highest BCUT2D eigenvalue weighted by Crippen LogP contribution is 2.17. The van der Waals surface area contributed by atoms with Crippen molar-refractivity contribution >= 4 is 23.4 Å². The van der Waals surface area contributed by atoms with Gasteiger partial charge < -0.3 is 10.5 Å². The third kappa shape index (κ3) is 2.07. The molecule has 1 heterocycles. The number of nitrogens with zero attached hydrogens (tertiary/aromatic N) is 3. The molecule has 0 atom stereocenters. The Morgan fingerprint density at radius 3 is 2.65 bits per heavy atom. The second-order valence-electron chi connectivity index (χ2n) is 3.20. The minimum Gasteiger partial charge on any atom is -0.464 e. The van der Waals surface area contributed by atoms with E-state index in [1.54, 1.807) is 24.3 Å². The van der Waals surface area contributed by atoms with Crippen molar-refractivity contribution in [3.05, 3.63) is 35.0 Å². The Balaban J connectivity index is 2.44. The predicted octanol–water partition coefficient (Wildman–Crippen LogP) is 1.29. The van der Waals surface area contributed by atoms with E-state index >= 15 is 0 Å². The molecule has 0 radical (unpaired) electrons. The third-order valence-electron chi connectivity index (χ3n) is 2.15. The number of nitrogens with two attached hydrogens (primary N) is 1. The van der Waals surface area contributed by atoms with Crippen LogP contribution in [-0.2, 0) is 4.74 Å². The first-order valence-corrected chi connectivity index (χ1v) is 5.06. The highest BCUT2D eigenvalue weighted by Gasteiger charge is 2.18. The van der Waals surface area contributed by atoms with Crippen molar-refractivity contribution in [2.75, 3.05) is 12.8 Å². The van der Waals surface area contributed by atoms with Crippen LogP contribution in [0.1, 0.15) is 10.5 Å². The van der Waals surface area contributed by atoms with E-state index in [1.807, 2.05) is 0 Å². The quantitative estimate of drug-likeness (QED) is 0.815. The van der Waals surface area contributed by atoms with E-state index in [9.17, 15) is 4.79 Å². The number of methoxy groups -OCH3 is 1. The molecule has 0 aliphatic heterocycles. The van der Waals surface area contributed by atoms with Crippen molar-refractivity contribution in [1.29, 1.82) is 0 Å². The Bertz CT molecular complexity index is 550. The molecule has 0 spiro atoms. The van der Waals surface area contributed by atoms with Crippen LogP contribution in [-0.4, -0.2) is 28.1 Å². The number of hydrogen-bond acceptors (Lipinski definition) is 5. The number of aromatic nitrogens is 3. The fourth-order valence-electron chi connectivity index (χ4n) is 1.30. The summed E-state index contributed by atoms with van der Waals surface area (Å²) in [7, 11) is 1.25. The van der Waals surface area contributed by atoms with E-state index in [2.05, 4.69) is 15.0 Å². The lowest BCUT2D eigenvalue weighted by atomic mass is 10.3. The van der Waals surface area contributed by atoms with Gasteiger partial charge in [-0.05, 0) is 24.3 Å². The standard InChI is InChI=1S/C10H9ClN4O2/c1-17-10(16)8-9(12)15(14-13-8)7-4-2-6(11)3-5-7/h2-5H,12H2,1H3. The summed E-state index contributed by atoms with van der Waals surface area (Å²) >= 11 is 5.77. The smallest absolute Gasteiger partial charge is 0.362 e. The first-order valence-electron chi connectivity index (χ1n) is 4.69. The molecule has 0 bridgehead atoms. The monoisotopic (exact) mass is 252 g/mol. The van der Waals surface area contributed by atoms with Crippen LogP contribution < -0.4 is 5.73 Å². The van der Waals surface area contributed by atoms with Gasteiger partial charge in [-0.15, -0.1) is 5.10 Å². The highest BCUT2D eigenvalue weighted by molar-refractivity contribution is 6.30. The summed E-state index contributed by atoms with van der Waals surface area (Å²) in [5, 5.41) is 8.05. The zero-order valence-electron chi connectivity index (χ0n) is 8.92. The predicted molar refractivity (Wildman–Crippen MR) is 62.1 cm³/mol. The molecule has 0 amide bonds. The first kappa shape index (κ1) is 11.4. The average Bonchev–Trinajstić information content (AvgIpc) is 2.71. The Kier molecular flexibility index (Phi) is 2.97. The van der Waals surface area contributed by atoms with Crippen LogP contribution in [0.25, 0.3) is 5.69 Å². The van der Waals surface area contributed by atoms with Crippen molar-refractivity contribution in [2.45, 2.75) is 0 Å². The molecule has 0 aliphatic carbocycles. The number of hydrogen-bond donors (Lipinski definition) is 1. The molecule has 0 saturated carbocycles. The topological polar surface area (TPSA) is 83.0 Å². The second kappa shape index (κ2) is 4.42. The normalized spacial score (nSPS) is 10.2. The lowest BCUT2D eigenvalue weighted by Gasteiger charge is -2.02. The maximum absolute atomic E-state index is 11.3. The molecule has 2 N–H and O–H groups in total. The van der Waals surface area contributed by atoms with Crippen LogP contribution in [0.5, 0.6) is 0 Å². The highest BCUT2D eigenvalue weighted by atomic mass is 35.5. The number of halogens is 1. The Labute approximate surface area is 102 Å². The van der Waals surface area contributed by atoms with Crippen LogP contribution in [0, 0.1) is 0 Å². The zero-order chi connectivity index (χ0) is 12.4. The number of anilines is 1. The summed E-state index contributed by atoms with van der Waals surface area (Å²) < 4.78 is 5.87. The number of carbonyl (C=O) groups excluding carboxylic acids is 1. The molecule has 0 unspecified atom stereocenters. The number of carbonyl (C=O) groups is 1. The zero-order valence-corrected chi connectivity index (χ0v) is 9.68. The fourth-order valence-corrected chi connectivity index (χ4v) is 1.43. The molecule has 7 heteroatoms. The molecule has 2 rings (SSSR count). The van der Waals surface area contributed by atoms with E-state index < -0.39 is 5.97 Å². The molecule has 2 aromatic rings. The molecule has 1 aromatic carbocycles. The van der Waals surface area contributed by atoms with Gasteiger partial charge >= 0.3 is 5.97 Å². The summed E-state index contributed by atoms with van der Waals surface area (Å²) in [5.41, 5.74) is 6.40. The van der Waals surface area contributed by atoms with Crippen molar-refractivity contribution < 1.29 is 9.53 Å². The van der Waals surface area contributed by atoms with Gasteiger partial charge in [0.1, 0.15) is 0 Å². The maximum Gasteiger partial charge on any atom is 0.362 e. The van der Waals surface area contributed by atoms with Crippen LogP contribution in [0.3, 0.4) is 0 Å². The van der Waals surface area contributed by atoms with Crippen molar-refractivity contribution in [2.24, 2.45) is 0 Å². The SMILES string of the molecule is COC(=O)c1nnn(-c2ccc(Cl)cc2)c1N. The van der Waals surface area contributed by atoms with Gasteiger partial charge in [0.2, 0.25) is 5.69 Å². The number of benzene rings is 1. The minimum absolute atomic E-state index is 0.0116. The molecular formula is C10H9ClN4O2. The number of rotatable bonds is 2. The van der Waals surface area contributed by atoms with E-state index in [-0.39, 0.29) is 11.5 Å². The van der Waals surface area contributed by atoms with Crippen LogP contribution in [0.15, 0.2) is 24.3 Å². The summed E-state index contributed by atoms with van der Waals surface area (Å²) in [5.74, 6) is -0.498. The molecular weight excluding hydrogens is 244 g/mol. The average molecular weight is 253 g/mol. The van der Waals surface area contributed by atoms with Crippen molar-refractivity contribution in [1.82, 2.24) is 15.0 Å². The van der Waals surface area contributed by atoms with Gasteiger partial charge in [0, 0.05) is 5.02 Å². The number of esters is 1. The van der Waals surface area contributed by atoms with Crippen LogP contribution in [0.4, 0.5) is 5.82 Å². The molecule has 0 fully saturated rings. The lowest BCUT2D eigenvalue weighted by molar-refractivity contribution is 0.0595. The summed E-state index contributed by atoms with van der Waals surface area (Å²) in [6.07, 6.45) is 0. The Morgan fingerprint density at radius 2 is 2.06 bits per heavy atom. The molecule has 0 aliphatic rings. The van der Waals surface area contributed by atoms with Gasteiger partial charge in [0.05, 0.1) is 12.8 Å². The summed E-state index contributed by atoms with van der Waals surface area (Å²) in [6.45, 7) is 0. The Hall–Kier alpha value is -2.08. The van der Waals surface area contributed by atoms with Gasteiger partial charge in [-0.1, -0.05) is 16.8 Å². The molecule has 0 saturated heterocycles. The fraction of sp³-hybridized carbons (Fsp3) is 0.100. The van der Waals surface area contributed by atoms with Gasteiger partial charge in [-0.3, -0.25) is 0 Å². The van der Waals surface area contributed by atoms with Crippen LogP contribution >= 0.6 is 11.6 Å². The second-order valence-corrected chi connectivity index (χ2v) is 3.64. The third-order valence-corrected chi connectivity index (χ3v) is 2.41. The number of nitrogen functional groups attached to an aromatic ring is 1. The van der Waals surface area contributed by atoms with E-state index in [4.69, 9.17) is 17.3 Å². The van der Waals surface area contributed by atoms with Gasteiger partial charge in [-0.2, -0.15) is 4.68 Å². The molecule has 88 valence electrons. The first-order chi connectivity index (χ1) is 8.13. The summed E-state index contributed by atoms with van der Waals surface area (Å²) in [6, 6.07) is 6.81. The molecule has 1 aromatic heterocycles. The van der Waals surface area contributed by atoms with Gasteiger partial charge in [0.25, 0.3) is 0 Å². The van der Waals surface area contributed by atoms with E-state index in [1.165, 1.54) is 11.8 Å². The van der Waals surface area contributed by atoms with Gasteiger partial charge in [0.15, 0.2) is 5.82 Å². The molecule has 17 heavy (non-hydrogen) atoms. The molecule has 6 nitrogen and oxygen atoms in total. The van der Waals surface area contributed by atoms with E-state index in [0.717, 1.165) is 0 Å². The Morgan fingerprint density at radius 1 is 1.41 bits per heavy atom. The van der Waals surface area contributed by atoms with Crippen molar-refractivity contribution in [3.63, 3.8) is 0 Å². The van der Waals surface area contributed by atoms with Crippen LogP contribution in [0.2, 0.25) is 5.02 Å². The number of ether oxygens (including phenoxy) is 1.